The average Bonchev–Trinajstić information content (AvgIpc) is 2.98. The van der Waals surface area contributed by atoms with Gasteiger partial charge in [0.1, 0.15) is 5.69 Å². The van der Waals surface area contributed by atoms with Crippen molar-refractivity contribution >= 4 is 16.9 Å². The Kier molecular flexibility index (Phi) is 6.00. The van der Waals surface area contributed by atoms with Crippen LogP contribution in [0.5, 0.6) is 5.88 Å². The Morgan fingerprint density at radius 3 is 2.69 bits per heavy atom. The second-order valence-electron chi connectivity index (χ2n) is 6.56. The number of ether oxygens (including phenoxy) is 2. The molecule has 3 rings (SSSR count). The van der Waals surface area contributed by atoms with Gasteiger partial charge in [-0.05, 0) is 26.1 Å². The van der Waals surface area contributed by atoms with Crippen molar-refractivity contribution in [1.29, 1.82) is 0 Å². The van der Waals surface area contributed by atoms with Crippen LogP contribution in [0.15, 0.2) is 24.3 Å². The summed E-state index contributed by atoms with van der Waals surface area (Å²) in [6, 6.07) is 7.66. The zero-order valence-corrected chi connectivity index (χ0v) is 15.6. The van der Waals surface area contributed by atoms with Gasteiger partial charge in [-0.15, -0.1) is 0 Å². The summed E-state index contributed by atoms with van der Waals surface area (Å²) < 4.78 is 11.1. The average molecular weight is 358 g/mol. The third-order valence-electron chi connectivity index (χ3n) is 4.56. The van der Waals surface area contributed by atoms with Gasteiger partial charge in [-0.25, -0.2) is 9.97 Å². The first-order valence-electron chi connectivity index (χ1n) is 9.00. The molecule has 0 bridgehead atoms. The molecule has 2 heterocycles. The number of likely N-dealkylation sites (tertiary alicyclic amines) is 1. The molecule has 2 atom stereocenters. The van der Waals surface area contributed by atoms with Gasteiger partial charge in [0.2, 0.25) is 11.8 Å². The van der Waals surface area contributed by atoms with Crippen LogP contribution in [0, 0.1) is 0 Å². The van der Waals surface area contributed by atoms with Gasteiger partial charge in [0.25, 0.3) is 0 Å². The minimum Gasteiger partial charge on any atom is -0.480 e. The second-order valence-corrected chi connectivity index (χ2v) is 6.56. The number of likely N-dealkylation sites (N-methyl/N-ethyl adjacent to an activating group) is 1. The van der Waals surface area contributed by atoms with Crippen LogP contribution in [-0.2, 0) is 16.0 Å². The van der Waals surface area contributed by atoms with Crippen molar-refractivity contribution in [2.75, 3.05) is 33.9 Å². The van der Waals surface area contributed by atoms with Crippen LogP contribution in [0.1, 0.15) is 19.0 Å². The molecule has 0 radical (unpaired) electrons. The predicted octanol–water partition coefficient (Wildman–Crippen LogP) is 1.41. The number of hydrogen-bond acceptors (Lipinski definition) is 6. The molecule has 26 heavy (non-hydrogen) atoms. The Labute approximate surface area is 153 Å². The maximum absolute atomic E-state index is 12.4. The normalized spacial score (nSPS) is 20.4. The number of nitrogens with zero attached hydrogens (tertiary/aromatic N) is 3. The Balaban J connectivity index is 1.63. The number of carbonyl (C=O) groups excluding carboxylic acids is 1. The Morgan fingerprint density at radius 2 is 2.00 bits per heavy atom. The Morgan fingerprint density at radius 1 is 1.27 bits per heavy atom. The van der Waals surface area contributed by atoms with Crippen molar-refractivity contribution < 1.29 is 14.3 Å². The number of hydrogen-bond donors (Lipinski definition) is 1. The summed E-state index contributed by atoms with van der Waals surface area (Å²) >= 11 is 0. The molecule has 1 N–H and O–H groups in total. The molecule has 0 spiro atoms. The molecule has 0 unspecified atom stereocenters. The molecule has 140 valence electrons. The van der Waals surface area contributed by atoms with E-state index in [1.807, 2.05) is 38.2 Å². The van der Waals surface area contributed by atoms with Gasteiger partial charge in [0, 0.05) is 32.5 Å². The van der Waals surface area contributed by atoms with Gasteiger partial charge < -0.3 is 19.7 Å². The Bertz CT molecular complexity index is 768. The third-order valence-corrected chi connectivity index (χ3v) is 4.56. The van der Waals surface area contributed by atoms with E-state index in [0.29, 0.717) is 31.0 Å². The molecule has 2 aromatic rings. The van der Waals surface area contributed by atoms with Crippen molar-refractivity contribution in [3.63, 3.8) is 0 Å². The fourth-order valence-corrected chi connectivity index (χ4v) is 3.34. The fraction of sp³-hybridized carbons (Fsp3) is 0.526. The zero-order valence-electron chi connectivity index (χ0n) is 15.6. The van der Waals surface area contributed by atoms with E-state index in [0.717, 1.165) is 24.1 Å². The highest BCUT2D eigenvalue weighted by molar-refractivity contribution is 5.77. The Hall–Kier alpha value is -2.25. The molecule has 1 saturated heterocycles. The van der Waals surface area contributed by atoms with Gasteiger partial charge in [-0.3, -0.25) is 4.79 Å². The first-order chi connectivity index (χ1) is 12.6. The number of aromatic nitrogens is 2. The number of benzene rings is 1. The molecular formula is C19H26N4O3. The van der Waals surface area contributed by atoms with Gasteiger partial charge in [0.15, 0.2) is 0 Å². The highest BCUT2D eigenvalue weighted by atomic mass is 16.5. The topological polar surface area (TPSA) is 76.6 Å². The number of fused-ring (bicyclic) bond motifs is 1. The summed E-state index contributed by atoms with van der Waals surface area (Å²) in [5.74, 6) is 0.469. The van der Waals surface area contributed by atoms with Crippen LogP contribution in [-0.4, -0.2) is 66.8 Å². The molecule has 1 fully saturated rings. The van der Waals surface area contributed by atoms with E-state index >= 15 is 0 Å². The highest BCUT2D eigenvalue weighted by Crippen LogP contribution is 2.20. The molecule has 7 heteroatoms. The molecule has 7 nitrogen and oxygen atoms in total. The van der Waals surface area contributed by atoms with Crippen LogP contribution >= 0.6 is 0 Å². The van der Waals surface area contributed by atoms with E-state index < -0.39 is 0 Å². The van der Waals surface area contributed by atoms with E-state index in [1.165, 1.54) is 0 Å². The van der Waals surface area contributed by atoms with Crippen LogP contribution in [0.2, 0.25) is 0 Å². The summed E-state index contributed by atoms with van der Waals surface area (Å²) in [6.45, 7) is 4.26. The minimum absolute atomic E-state index is 0.00739. The standard InChI is InChI=1S/C19H26N4O3/c1-4-26-17-12-23(2)11-16(17)21-18(24)10-9-15-19(25-3)22-14-8-6-5-7-13(14)20-15/h5-8,16-17H,4,9-12H2,1-3H3,(H,21,24)/t16-,17-/m0/s1. The molecule has 0 saturated carbocycles. The number of nitrogens with one attached hydrogen (secondary N) is 1. The van der Waals surface area contributed by atoms with E-state index in [-0.39, 0.29) is 18.1 Å². The number of rotatable bonds is 7. The number of aryl methyl sites for hydroxylation is 1. The van der Waals surface area contributed by atoms with Crippen molar-refractivity contribution in [3.05, 3.63) is 30.0 Å². The zero-order chi connectivity index (χ0) is 18.5. The maximum Gasteiger partial charge on any atom is 0.235 e. The number of methoxy groups -OCH3 is 1. The number of carbonyl (C=O) groups is 1. The maximum atomic E-state index is 12.4. The highest BCUT2D eigenvalue weighted by Gasteiger charge is 2.32. The molecule has 1 aromatic carbocycles. The summed E-state index contributed by atoms with van der Waals surface area (Å²) in [4.78, 5) is 23.7. The summed E-state index contributed by atoms with van der Waals surface area (Å²) in [5.41, 5.74) is 2.29. The molecule has 0 aliphatic carbocycles. The van der Waals surface area contributed by atoms with E-state index in [9.17, 15) is 4.79 Å². The molecule has 1 aliphatic rings. The lowest BCUT2D eigenvalue weighted by Crippen LogP contribution is -2.44. The van der Waals surface area contributed by atoms with Crippen molar-refractivity contribution in [2.45, 2.75) is 31.9 Å². The monoisotopic (exact) mass is 358 g/mol. The fourth-order valence-electron chi connectivity index (χ4n) is 3.34. The quantitative estimate of drug-likeness (QED) is 0.806. The molecule has 1 amide bonds. The second kappa shape index (κ2) is 8.42. The smallest absolute Gasteiger partial charge is 0.235 e. The summed E-state index contributed by atoms with van der Waals surface area (Å²) in [7, 11) is 3.61. The van der Waals surface area contributed by atoms with Crippen LogP contribution in [0.25, 0.3) is 11.0 Å². The number of para-hydroxylation sites is 2. The van der Waals surface area contributed by atoms with Crippen LogP contribution < -0.4 is 10.1 Å². The van der Waals surface area contributed by atoms with Gasteiger partial charge >= 0.3 is 0 Å². The lowest BCUT2D eigenvalue weighted by Gasteiger charge is -2.19. The lowest BCUT2D eigenvalue weighted by molar-refractivity contribution is -0.122. The largest absolute Gasteiger partial charge is 0.480 e. The SMILES string of the molecule is CCO[C@H]1CN(C)C[C@@H]1NC(=O)CCc1nc2ccccc2nc1OC. The molecule has 1 aliphatic heterocycles. The van der Waals surface area contributed by atoms with Crippen molar-refractivity contribution in [2.24, 2.45) is 0 Å². The third kappa shape index (κ3) is 4.28. The van der Waals surface area contributed by atoms with Crippen LogP contribution in [0.3, 0.4) is 0 Å². The summed E-state index contributed by atoms with van der Waals surface area (Å²) in [5, 5.41) is 3.09. The number of amides is 1. The van der Waals surface area contributed by atoms with Gasteiger partial charge in [-0.2, -0.15) is 0 Å². The van der Waals surface area contributed by atoms with Gasteiger partial charge in [-0.1, -0.05) is 12.1 Å². The molecule has 1 aromatic heterocycles. The molecular weight excluding hydrogens is 332 g/mol. The van der Waals surface area contributed by atoms with E-state index in [1.54, 1.807) is 7.11 Å². The van der Waals surface area contributed by atoms with E-state index in [2.05, 4.69) is 20.2 Å². The summed E-state index contributed by atoms with van der Waals surface area (Å²) in [6.07, 6.45) is 0.862. The first kappa shape index (κ1) is 18.5. The first-order valence-corrected chi connectivity index (χ1v) is 9.00. The van der Waals surface area contributed by atoms with Crippen molar-refractivity contribution in [3.8, 4) is 5.88 Å². The van der Waals surface area contributed by atoms with E-state index in [4.69, 9.17) is 9.47 Å². The lowest BCUT2D eigenvalue weighted by atomic mass is 10.1. The minimum atomic E-state index is -0.00739. The van der Waals surface area contributed by atoms with Crippen molar-refractivity contribution in [1.82, 2.24) is 20.2 Å². The van der Waals surface area contributed by atoms with Crippen LogP contribution in [0.4, 0.5) is 0 Å². The van der Waals surface area contributed by atoms with Gasteiger partial charge in [0.05, 0.1) is 30.3 Å². The predicted molar refractivity (Wildman–Crippen MR) is 99.3 cm³/mol.